The van der Waals surface area contributed by atoms with Gasteiger partial charge in [-0.25, -0.2) is 0 Å². The molecule has 0 aliphatic carbocycles. The van der Waals surface area contributed by atoms with Gasteiger partial charge in [0.1, 0.15) is 36.0 Å². The Morgan fingerprint density at radius 2 is 1.35 bits per heavy atom. The number of hydrogen-bond acceptors (Lipinski definition) is 9. The van der Waals surface area contributed by atoms with E-state index in [1.165, 1.54) is 0 Å². The van der Waals surface area contributed by atoms with E-state index < -0.39 is 17.7 Å². The van der Waals surface area contributed by atoms with Gasteiger partial charge < -0.3 is 23.8 Å². The Bertz CT molecular complexity index is 2210. The van der Waals surface area contributed by atoms with E-state index in [1.54, 1.807) is 37.3 Å². The van der Waals surface area contributed by atoms with E-state index in [-0.39, 0.29) is 41.8 Å². The highest BCUT2D eigenvalue weighted by atomic mass is 16.5. The number of hydrogen-bond donors (Lipinski definition) is 1. The minimum absolute atomic E-state index is 0.0233. The summed E-state index contributed by atoms with van der Waals surface area (Å²) in [5.41, 5.74) is 4.53. The molecule has 262 valence electrons. The van der Waals surface area contributed by atoms with E-state index in [0.717, 1.165) is 21.6 Å². The maximum Gasteiger partial charge on any atom is 0.274 e. The lowest BCUT2D eigenvalue weighted by molar-refractivity contribution is 0.0638. The molecule has 11 heteroatoms. The lowest BCUT2D eigenvalue weighted by Gasteiger charge is -2.19. The molecular formula is C41H36N4O7. The van der Waals surface area contributed by atoms with E-state index in [2.05, 4.69) is 29.5 Å². The number of fused-ring (bicyclic) bond motifs is 1. The molecule has 0 unspecified atom stereocenters. The lowest BCUT2D eigenvalue weighted by atomic mass is 9.95. The third-order valence-corrected chi connectivity index (χ3v) is 8.70. The number of imide groups is 1. The van der Waals surface area contributed by atoms with Crippen LogP contribution >= 0.6 is 0 Å². The zero-order valence-corrected chi connectivity index (χ0v) is 28.9. The van der Waals surface area contributed by atoms with Crippen LogP contribution in [0.3, 0.4) is 0 Å². The summed E-state index contributed by atoms with van der Waals surface area (Å²) in [5, 5.41) is 11.2. The number of carbonyl (C=O) groups excluding carboxylic acids is 3. The van der Waals surface area contributed by atoms with Crippen molar-refractivity contribution in [3.8, 4) is 34.1 Å². The fourth-order valence-electron chi connectivity index (χ4n) is 6.07. The van der Waals surface area contributed by atoms with E-state index in [4.69, 9.17) is 18.5 Å². The van der Waals surface area contributed by atoms with Crippen LogP contribution in [0.15, 0.2) is 112 Å². The summed E-state index contributed by atoms with van der Waals surface area (Å²) in [6, 6.07) is 31.6. The Labute approximate surface area is 300 Å². The van der Waals surface area contributed by atoms with Gasteiger partial charge in [0, 0.05) is 18.7 Å². The zero-order valence-electron chi connectivity index (χ0n) is 28.9. The largest absolute Gasteiger partial charge is 0.488 e. The first-order chi connectivity index (χ1) is 25.3. The molecule has 0 saturated carbocycles. The molecule has 0 atom stereocenters. The first-order valence-electron chi connectivity index (χ1n) is 17.0. The van der Waals surface area contributed by atoms with Crippen LogP contribution < -0.4 is 14.8 Å². The van der Waals surface area contributed by atoms with Crippen molar-refractivity contribution in [1.82, 2.24) is 20.5 Å². The molecule has 6 aromatic rings. The fraction of sp³-hybridized carbons (Fsp3) is 0.195. The topological polar surface area (TPSA) is 137 Å². The number of benzene rings is 4. The van der Waals surface area contributed by atoms with Gasteiger partial charge in [-0.05, 0) is 47.7 Å². The first kappa shape index (κ1) is 34.0. The van der Waals surface area contributed by atoms with E-state index in [1.807, 2.05) is 72.8 Å². The Hall–Kier alpha value is -6.49. The number of aromatic nitrogens is 2. The van der Waals surface area contributed by atoms with Crippen molar-refractivity contribution in [2.24, 2.45) is 0 Å². The summed E-state index contributed by atoms with van der Waals surface area (Å²) in [7, 11) is 0. The summed E-state index contributed by atoms with van der Waals surface area (Å²) in [6.07, 6.45) is 0. The maximum atomic E-state index is 13.4. The molecule has 1 aliphatic heterocycles. The summed E-state index contributed by atoms with van der Waals surface area (Å²) in [6.45, 7) is 6.71. The van der Waals surface area contributed by atoms with Gasteiger partial charge in [0.2, 0.25) is 0 Å². The van der Waals surface area contributed by atoms with Crippen molar-refractivity contribution < 1.29 is 32.9 Å². The van der Waals surface area contributed by atoms with Crippen molar-refractivity contribution >= 4 is 17.7 Å². The van der Waals surface area contributed by atoms with E-state index in [0.29, 0.717) is 47.0 Å². The molecular weight excluding hydrogens is 660 g/mol. The molecule has 2 aromatic heterocycles. The van der Waals surface area contributed by atoms with Crippen molar-refractivity contribution in [2.75, 3.05) is 6.54 Å². The van der Waals surface area contributed by atoms with Crippen molar-refractivity contribution in [3.63, 3.8) is 0 Å². The quantitative estimate of drug-likeness (QED) is 0.120. The number of nitrogens with one attached hydrogen (secondary N) is 1. The molecule has 7 rings (SSSR count). The number of carbonyl (C=O) groups is 3. The molecule has 3 amide bonds. The SMILES string of the molecule is CCNC(=O)c1noc(-c2cc(C(C)C)c(OCc3ccccc3)cc2OCc2ccccc2)c1-c1cc(CN2C(=O)c3ccccc3C2=O)no1. The summed E-state index contributed by atoms with van der Waals surface area (Å²) in [4.78, 5) is 40.7. The molecule has 0 spiro atoms. The molecule has 52 heavy (non-hydrogen) atoms. The summed E-state index contributed by atoms with van der Waals surface area (Å²) >= 11 is 0. The van der Waals surface area contributed by atoms with Crippen LogP contribution in [-0.2, 0) is 19.8 Å². The highest BCUT2D eigenvalue weighted by Gasteiger charge is 2.36. The number of ether oxygens (including phenoxy) is 2. The van der Waals surface area contributed by atoms with Gasteiger partial charge in [-0.15, -0.1) is 0 Å². The smallest absolute Gasteiger partial charge is 0.274 e. The molecule has 0 saturated heterocycles. The van der Waals surface area contributed by atoms with E-state index >= 15 is 0 Å². The molecule has 0 fully saturated rings. The Morgan fingerprint density at radius 1 is 0.750 bits per heavy atom. The van der Waals surface area contributed by atoms with Crippen LogP contribution in [0.2, 0.25) is 0 Å². The second-order valence-electron chi connectivity index (χ2n) is 12.6. The van der Waals surface area contributed by atoms with Crippen LogP contribution in [0.1, 0.15) is 80.3 Å². The molecule has 0 bridgehead atoms. The molecule has 1 N–H and O–H groups in total. The van der Waals surface area contributed by atoms with Gasteiger partial charge >= 0.3 is 0 Å². The van der Waals surface area contributed by atoms with Gasteiger partial charge in [0.15, 0.2) is 17.2 Å². The van der Waals surface area contributed by atoms with Gasteiger partial charge in [-0.2, -0.15) is 0 Å². The van der Waals surface area contributed by atoms with Crippen LogP contribution in [0.25, 0.3) is 22.6 Å². The second-order valence-corrected chi connectivity index (χ2v) is 12.6. The van der Waals surface area contributed by atoms with Crippen LogP contribution in [0, 0.1) is 0 Å². The Kier molecular flexibility index (Phi) is 9.66. The monoisotopic (exact) mass is 696 g/mol. The standard InChI is InChI=1S/C41H36N4O7/c1-4-42-39(46)37-36(35-19-28(43-51-35)22-45-40(47)29-17-11-12-18-30(29)41(45)48)38(52-44-37)32-20-31(25(2)3)33(49-23-26-13-7-5-8-14-26)21-34(32)50-24-27-15-9-6-10-16-27/h5-21,25H,4,22-24H2,1-3H3,(H,42,46). The van der Waals surface area contributed by atoms with Crippen LogP contribution in [-0.4, -0.2) is 39.5 Å². The van der Waals surface area contributed by atoms with Gasteiger partial charge in [-0.1, -0.05) is 97.0 Å². The molecule has 4 aromatic carbocycles. The van der Waals surface area contributed by atoms with Crippen molar-refractivity contribution in [3.05, 3.63) is 142 Å². The predicted molar refractivity (Wildman–Crippen MR) is 192 cm³/mol. The third kappa shape index (κ3) is 6.80. The number of amides is 3. The average molecular weight is 697 g/mol. The Morgan fingerprint density at radius 3 is 1.94 bits per heavy atom. The first-order valence-corrected chi connectivity index (χ1v) is 17.0. The highest BCUT2D eigenvalue weighted by molar-refractivity contribution is 6.21. The van der Waals surface area contributed by atoms with Crippen LogP contribution in [0.5, 0.6) is 11.5 Å². The average Bonchev–Trinajstić information content (AvgIpc) is 3.88. The van der Waals surface area contributed by atoms with Gasteiger partial charge in [-0.3, -0.25) is 19.3 Å². The minimum Gasteiger partial charge on any atom is -0.488 e. The van der Waals surface area contributed by atoms with E-state index in [9.17, 15) is 14.4 Å². The maximum absolute atomic E-state index is 13.4. The minimum atomic E-state index is -0.482. The Balaban J connectivity index is 1.30. The van der Waals surface area contributed by atoms with Crippen molar-refractivity contribution in [2.45, 2.75) is 46.4 Å². The number of nitrogens with zero attached hydrogens (tertiary/aromatic N) is 3. The van der Waals surface area contributed by atoms with Crippen molar-refractivity contribution in [1.29, 1.82) is 0 Å². The molecule has 1 aliphatic rings. The molecule has 0 radical (unpaired) electrons. The molecule has 11 nitrogen and oxygen atoms in total. The normalized spacial score (nSPS) is 12.3. The van der Waals surface area contributed by atoms with Gasteiger partial charge in [0.05, 0.1) is 23.2 Å². The second kappa shape index (κ2) is 14.8. The highest BCUT2D eigenvalue weighted by Crippen LogP contribution is 2.44. The zero-order chi connectivity index (χ0) is 36.2. The molecule has 3 heterocycles. The predicted octanol–water partition coefficient (Wildman–Crippen LogP) is 7.82. The fourth-order valence-corrected chi connectivity index (χ4v) is 6.07. The third-order valence-electron chi connectivity index (χ3n) is 8.70. The lowest BCUT2D eigenvalue weighted by Crippen LogP contribution is -2.29. The summed E-state index contributed by atoms with van der Waals surface area (Å²) < 4.78 is 24.6. The summed E-state index contributed by atoms with van der Waals surface area (Å²) in [5.74, 6) is 0.144. The van der Waals surface area contributed by atoms with Crippen LogP contribution in [0.4, 0.5) is 0 Å². The number of rotatable bonds is 13. The van der Waals surface area contributed by atoms with Gasteiger partial charge in [0.25, 0.3) is 17.7 Å².